The highest BCUT2D eigenvalue weighted by Crippen LogP contribution is 2.27. The van der Waals surface area contributed by atoms with E-state index < -0.39 is 11.9 Å². The molecule has 1 heterocycles. The summed E-state index contributed by atoms with van der Waals surface area (Å²) in [6.07, 6.45) is 1.47. The minimum atomic E-state index is -0.586. The fourth-order valence-electron chi connectivity index (χ4n) is 1.54. The SMILES string of the molecule is CC[C@@H](O)c1ccc(Oc2cc(Br)ccc2F)cn1. The highest BCUT2D eigenvalue weighted by molar-refractivity contribution is 9.10. The molecule has 0 aliphatic rings. The van der Waals surface area contributed by atoms with Gasteiger partial charge in [-0.1, -0.05) is 22.9 Å². The largest absolute Gasteiger partial charge is 0.453 e. The number of benzene rings is 1. The summed E-state index contributed by atoms with van der Waals surface area (Å²) in [5.41, 5.74) is 0.574. The lowest BCUT2D eigenvalue weighted by molar-refractivity contribution is 0.169. The zero-order chi connectivity index (χ0) is 13.8. The first-order valence-electron chi connectivity index (χ1n) is 5.87. The van der Waals surface area contributed by atoms with E-state index in [1.807, 2.05) is 6.92 Å². The standard InChI is InChI=1S/C14H13BrFNO2/c1-2-13(18)12-6-4-10(8-17-12)19-14-7-9(15)3-5-11(14)16/h3-8,13,18H,2H2,1H3/t13-/m1/s1. The third-order valence-corrected chi connectivity index (χ3v) is 3.10. The lowest BCUT2D eigenvalue weighted by Gasteiger charge is -2.09. The van der Waals surface area contributed by atoms with Gasteiger partial charge in [-0.2, -0.15) is 0 Å². The summed E-state index contributed by atoms with van der Waals surface area (Å²) in [5, 5.41) is 9.62. The van der Waals surface area contributed by atoms with E-state index in [-0.39, 0.29) is 5.75 Å². The number of ether oxygens (including phenoxy) is 1. The van der Waals surface area contributed by atoms with Gasteiger partial charge in [0.25, 0.3) is 0 Å². The van der Waals surface area contributed by atoms with Crippen molar-refractivity contribution in [3.63, 3.8) is 0 Å². The Labute approximate surface area is 119 Å². The van der Waals surface area contributed by atoms with Crippen LogP contribution in [-0.4, -0.2) is 10.1 Å². The van der Waals surface area contributed by atoms with Crippen molar-refractivity contribution in [3.8, 4) is 11.5 Å². The summed E-state index contributed by atoms with van der Waals surface area (Å²) in [6.45, 7) is 1.87. The Morgan fingerprint density at radius 3 is 2.79 bits per heavy atom. The highest BCUT2D eigenvalue weighted by Gasteiger charge is 2.08. The molecule has 0 aliphatic heterocycles. The van der Waals surface area contributed by atoms with E-state index in [2.05, 4.69) is 20.9 Å². The molecule has 0 spiro atoms. The molecule has 1 aromatic carbocycles. The third-order valence-electron chi connectivity index (χ3n) is 2.61. The Balaban J connectivity index is 2.17. The van der Waals surface area contributed by atoms with Gasteiger partial charge in [0.1, 0.15) is 5.75 Å². The molecule has 0 saturated carbocycles. The molecule has 19 heavy (non-hydrogen) atoms. The number of hydrogen-bond acceptors (Lipinski definition) is 3. The van der Waals surface area contributed by atoms with Gasteiger partial charge >= 0.3 is 0 Å². The van der Waals surface area contributed by atoms with Crippen LogP contribution in [0.1, 0.15) is 25.1 Å². The summed E-state index contributed by atoms with van der Waals surface area (Å²) in [4.78, 5) is 4.09. The first-order valence-corrected chi connectivity index (χ1v) is 6.66. The predicted octanol–water partition coefficient (Wildman–Crippen LogP) is 4.22. The molecule has 0 bridgehead atoms. The number of hydrogen-bond donors (Lipinski definition) is 1. The predicted molar refractivity (Wildman–Crippen MR) is 73.7 cm³/mol. The van der Waals surface area contributed by atoms with E-state index in [1.54, 1.807) is 24.3 Å². The molecule has 1 aromatic heterocycles. The molecule has 3 nitrogen and oxygen atoms in total. The average molecular weight is 326 g/mol. The van der Waals surface area contributed by atoms with Gasteiger partial charge in [-0.05, 0) is 36.8 Å². The molecule has 1 atom stereocenters. The third kappa shape index (κ3) is 3.52. The number of rotatable bonds is 4. The van der Waals surface area contributed by atoms with Crippen LogP contribution < -0.4 is 4.74 Å². The van der Waals surface area contributed by atoms with Gasteiger partial charge in [0, 0.05) is 4.47 Å². The Hall–Kier alpha value is -1.46. The maximum atomic E-state index is 13.5. The maximum Gasteiger partial charge on any atom is 0.165 e. The van der Waals surface area contributed by atoms with E-state index in [0.29, 0.717) is 17.9 Å². The fourth-order valence-corrected chi connectivity index (χ4v) is 1.88. The van der Waals surface area contributed by atoms with Crippen molar-refractivity contribution in [3.05, 3.63) is 52.5 Å². The molecule has 0 aliphatic carbocycles. The summed E-state index contributed by atoms with van der Waals surface area (Å²) < 4.78 is 19.7. The fraction of sp³-hybridized carbons (Fsp3) is 0.214. The van der Waals surface area contributed by atoms with Gasteiger partial charge < -0.3 is 9.84 Å². The van der Waals surface area contributed by atoms with E-state index in [1.165, 1.54) is 12.3 Å². The number of aromatic nitrogens is 1. The topological polar surface area (TPSA) is 42.4 Å². The molecular weight excluding hydrogens is 313 g/mol. The van der Waals surface area contributed by atoms with Crippen LogP contribution >= 0.6 is 15.9 Å². The van der Waals surface area contributed by atoms with Gasteiger partial charge in [0.2, 0.25) is 0 Å². The Kier molecular flexibility index (Phi) is 4.50. The van der Waals surface area contributed by atoms with Crippen molar-refractivity contribution in [1.82, 2.24) is 4.98 Å². The summed E-state index contributed by atoms with van der Waals surface area (Å²) in [6, 6.07) is 7.79. The minimum Gasteiger partial charge on any atom is -0.453 e. The minimum absolute atomic E-state index is 0.125. The van der Waals surface area contributed by atoms with E-state index >= 15 is 0 Å². The van der Waals surface area contributed by atoms with Crippen molar-refractivity contribution in [1.29, 1.82) is 0 Å². The van der Waals surface area contributed by atoms with Crippen molar-refractivity contribution in [2.45, 2.75) is 19.4 Å². The number of aliphatic hydroxyl groups is 1. The van der Waals surface area contributed by atoms with Crippen molar-refractivity contribution in [2.75, 3.05) is 0 Å². The zero-order valence-electron chi connectivity index (χ0n) is 10.3. The molecule has 0 amide bonds. The summed E-state index contributed by atoms with van der Waals surface area (Å²) >= 11 is 3.25. The van der Waals surface area contributed by atoms with E-state index in [4.69, 9.17) is 4.74 Å². The molecule has 5 heteroatoms. The van der Waals surface area contributed by atoms with E-state index in [9.17, 15) is 9.50 Å². The Bertz CT molecular complexity index is 560. The normalized spacial score (nSPS) is 12.2. The average Bonchev–Trinajstić information content (AvgIpc) is 2.43. The second kappa shape index (κ2) is 6.12. The number of halogens is 2. The number of pyridine rings is 1. The smallest absolute Gasteiger partial charge is 0.165 e. The van der Waals surface area contributed by atoms with Gasteiger partial charge in [-0.3, -0.25) is 4.98 Å². The summed E-state index contributed by atoms with van der Waals surface area (Å²) in [7, 11) is 0. The van der Waals surface area contributed by atoms with Gasteiger partial charge in [0.15, 0.2) is 11.6 Å². The van der Waals surface area contributed by atoms with Crippen molar-refractivity contribution >= 4 is 15.9 Å². The second-order valence-corrected chi connectivity index (χ2v) is 4.94. The summed E-state index contributed by atoms with van der Waals surface area (Å²) in [5.74, 6) is 0.102. The lowest BCUT2D eigenvalue weighted by Crippen LogP contribution is -1.98. The number of nitrogens with zero attached hydrogens (tertiary/aromatic N) is 1. The van der Waals surface area contributed by atoms with Crippen LogP contribution in [0.15, 0.2) is 41.0 Å². The molecule has 0 saturated heterocycles. The van der Waals surface area contributed by atoms with Crippen LogP contribution in [0.2, 0.25) is 0 Å². The molecule has 2 rings (SSSR count). The first-order chi connectivity index (χ1) is 9.10. The molecule has 100 valence electrons. The van der Waals surface area contributed by atoms with Gasteiger partial charge in [-0.25, -0.2) is 4.39 Å². The van der Waals surface area contributed by atoms with Crippen LogP contribution in [0.5, 0.6) is 11.5 Å². The molecule has 1 N–H and O–H groups in total. The van der Waals surface area contributed by atoms with Gasteiger partial charge in [-0.15, -0.1) is 0 Å². The van der Waals surface area contributed by atoms with Crippen LogP contribution in [0, 0.1) is 5.82 Å². The number of aliphatic hydroxyl groups excluding tert-OH is 1. The van der Waals surface area contributed by atoms with Crippen LogP contribution in [-0.2, 0) is 0 Å². The Morgan fingerprint density at radius 2 is 2.16 bits per heavy atom. The van der Waals surface area contributed by atoms with Crippen LogP contribution in [0.25, 0.3) is 0 Å². The van der Waals surface area contributed by atoms with Crippen molar-refractivity contribution in [2.24, 2.45) is 0 Å². The van der Waals surface area contributed by atoms with E-state index in [0.717, 1.165) is 4.47 Å². The molecule has 0 unspecified atom stereocenters. The first kappa shape index (κ1) is 14.0. The van der Waals surface area contributed by atoms with Crippen LogP contribution in [0.4, 0.5) is 4.39 Å². The molecule has 2 aromatic rings. The van der Waals surface area contributed by atoms with Crippen molar-refractivity contribution < 1.29 is 14.2 Å². The zero-order valence-corrected chi connectivity index (χ0v) is 11.9. The lowest BCUT2D eigenvalue weighted by atomic mass is 10.2. The molecule has 0 radical (unpaired) electrons. The molecule has 0 fully saturated rings. The maximum absolute atomic E-state index is 13.5. The quantitative estimate of drug-likeness (QED) is 0.915. The molecular formula is C14H13BrFNO2. The van der Waals surface area contributed by atoms with Crippen LogP contribution in [0.3, 0.4) is 0 Å². The highest BCUT2D eigenvalue weighted by atomic mass is 79.9. The van der Waals surface area contributed by atoms with Gasteiger partial charge in [0.05, 0.1) is 18.0 Å². The monoisotopic (exact) mass is 325 g/mol. The Morgan fingerprint density at radius 1 is 1.37 bits per heavy atom. The second-order valence-electron chi connectivity index (χ2n) is 4.02.